The lowest BCUT2D eigenvalue weighted by atomic mass is 10.1. The van der Waals surface area contributed by atoms with Crippen molar-refractivity contribution in [3.05, 3.63) is 76.3 Å². The van der Waals surface area contributed by atoms with E-state index in [9.17, 15) is 9.59 Å². The number of benzene rings is 2. The van der Waals surface area contributed by atoms with Crippen molar-refractivity contribution in [2.24, 2.45) is 0 Å². The van der Waals surface area contributed by atoms with Crippen LogP contribution >= 0.6 is 0 Å². The van der Waals surface area contributed by atoms with E-state index in [1.165, 1.54) is 6.20 Å². The number of nitrogens with one attached hydrogen (secondary N) is 1. The monoisotopic (exact) mass is 334 g/mol. The molecule has 1 heterocycles. The highest BCUT2D eigenvalue weighted by atomic mass is 16.2. The molecule has 2 aromatic carbocycles. The number of hydrogen-bond donors (Lipinski definition) is 1. The Hall–Kier alpha value is -3.28. The van der Waals surface area contributed by atoms with Crippen LogP contribution in [0.25, 0.3) is 11.3 Å². The van der Waals surface area contributed by atoms with Crippen molar-refractivity contribution in [3.8, 4) is 11.3 Å². The number of hydrogen-bond acceptors (Lipinski definition) is 4. The smallest absolute Gasteiger partial charge is 0.324 e. The maximum Gasteiger partial charge on any atom is 0.365 e. The Balaban J connectivity index is 1.74. The number of aryl methyl sites for hydroxylation is 2. The van der Waals surface area contributed by atoms with Gasteiger partial charge in [-0.3, -0.25) is 4.79 Å². The van der Waals surface area contributed by atoms with Crippen LogP contribution in [0.5, 0.6) is 0 Å². The normalized spacial score (nSPS) is 10.5. The van der Waals surface area contributed by atoms with E-state index in [4.69, 9.17) is 0 Å². The summed E-state index contributed by atoms with van der Waals surface area (Å²) in [6.07, 6.45) is 1.49. The molecular weight excluding hydrogens is 316 g/mol. The molecule has 126 valence electrons. The third-order valence-electron chi connectivity index (χ3n) is 3.62. The number of carbonyl (C=O) groups is 1. The highest BCUT2D eigenvalue weighted by molar-refractivity contribution is 5.90. The molecule has 0 aliphatic heterocycles. The van der Waals surface area contributed by atoms with Gasteiger partial charge in [-0.25, -0.2) is 9.48 Å². The van der Waals surface area contributed by atoms with Crippen molar-refractivity contribution in [3.63, 3.8) is 0 Å². The minimum Gasteiger partial charge on any atom is -0.324 e. The summed E-state index contributed by atoms with van der Waals surface area (Å²) >= 11 is 0. The summed E-state index contributed by atoms with van der Waals surface area (Å²) in [5.41, 5.74) is 3.54. The third kappa shape index (κ3) is 4.17. The van der Waals surface area contributed by atoms with Crippen molar-refractivity contribution in [2.75, 3.05) is 5.32 Å². The maximum atomic E-state index is 12.2. The van der Waals surface area contributed by atoms with E-state index in [0.29, 0.717) is 11.4 Å². The first-order valence-corrected chi connectivity index (χ1v) is 7.89. The second-order valence-electron chi connectivity index (χ2n) is 5.87. The molecule has 6 heteroatoms. The van der Waals surface area contributed by atoms with E-state index < -0.39 is 5.69 Å². The van der Waals surface area contributed by atoms with Crippen molar-refractivity contribution in [2.45, 2.75) is 20.4 Å². The molecule has 0 radical (unpaired) electrons. The van der Waals surface area contributed by atoms with Crippen LogP contribution in [0, 0.1) is 13.8 Å². The molecule has 0 bridgehead atoms. The summed E-state index contributed by atoms with van der Waals surface area (Å²) in [5, 5.41) is 6.83. The lowest BCUT2D eigenvalue weighted by Gasteiger charge is -2.08. The molecule has 0 saturated heterocycles. The van der Waals surface area contributed by atoms with Gasteiger partial charge in [0.25, 0.3) is 0 Å². The minimum absolute atomic E-state index is 0.187. The largest absolute Gasteiger partial charge is 0.365 e. The Bertz CT molecular complexity index is 944. The molecule has 1 aromatic heterocycles. The number of aromatic nitrogens is 3. The maximum absolute atomic E-state index is 12.2. The number of carbonyl (C=O) groups excluding carboxylic acids is 1. The van der Waals surface area contributed by atoms with Gasteiger partial charge >= 0.3 is 5.69 Å². The Labute approximate surface area is 145 Å². The zero-order chi connectivity index (χ0) is 17.8. The SMILES string of the molecule is Cc1cc(C)cc(NC(=O)Cn2ncc(-c3ccccc3)nc2=O)c1. The van der Waals surface area contributed by atoms with Crippen LogP contribution < -0.4 is 11.0 Å². The fraction of sp³-hybridized carbons (Fsp3) is 0.158. The van der Waals surface area contributed by atoms with Gasteiger partial charge in [0.15, 0.2) is 0 Å². The summed E-state index contributed by atoms with van der Waals surface area (Å²) in [6, 6.07) is 15.1. The lowest BCUT2D eigenvalue weighted by molar-refractivity contribution is -0.117. The van der Waals surface area contributed by atoms with E-state index in [0.717, 1.165) is 21.4 Å². The zero-order valence-electron chi connectivity index (χ0n) is 14.1. The van der Waals surface area contributed by atoms with Gasteiger partial charge in [0.05, 0.1) is 11.9 Å². The van der Waals surface area contributed by atoms with Gasteiger partial charge in [-0.2, -0.15) is 10.1 Å². The van der Waals surface area contributed by atoms with Crippen molar-refractivity contribution in [1.82, 2.24) is 14.8 Å². The van der Waals surface area contributed by atoms with E-state index in [2.05, 4.69) is 15.4 Å². The Morgan fingerprint density at radius 2 is 1.76 bits per heavy atom. The first kappa shape index (κ1) is 16.6. The van der Waals surface area contributed by atoms with Gasteiger partial charge in [0.1, 0.15) is 6.54 Å². The Morgan fingerprint density at radius 1 is 1.08 bits per heavy atom. The first-order chi connectivity index (χ1) is 12.0. The van der Waals surface area contributed by atoms with E-state index >= 15 is 0 Å². The standard InChI is InChI=1S/C19H18N4O2/c1-13-8-14(2)10-16(9-13)21-18(24)12-23-19(25)22-17(11-20-23)15-6-4-3-5-7-15/h3-11H,12H2,1-2H3,(H,21,24). The molecule has 0 fully saturated rings. The molecule has 3 aromatic rings. The van der Waals surface area contributed by atoms with Crippen LogP contribution in [-0.4, -0.2) is 20.7 Å². The number of rotatable bonds is 4. The van der Waals surface area contributed by atoms with Crippen LogP contribution in [0.4, 0.5) is 5.69 Å². The van der Waals surface area contributed by atoms with Crippen molar-refractivity contribution < 1.29 is 4.79 Å². The predicted molar refractivity (Wildman–Crippen MR) is 96.3 cm³/mol. The van der Waals surface area contributed by atoms with E-state index in [1.807, 2.05) is 62.4 Å². The van der Waals surface area contributed by atoms with Gasteiger partial charge < -0.3 is 5.32 Å². The van der Waals surface area contributed by atoms with Crippen molar-refractivity contribution in [1.29, 1.82) is 0 Å². The molecule has 0 aliphatic carbocycles. The molecule has 6 nitrogen and oxygen atoms in total. The van der Waals surface area contributed by atoms with Gasteiger partial charge in [0.2, 0.25) is 5.91 Å². The Morgan fingerprint density at radius 3 is 2.40 bits per heavy atom. The molecule has 0 saturated carbocycles. The summed E-state index contributed by atoms with van der Waals surface area (Å²) in [6.45, 7) is 3.73. The summed E-state index contributed by atoms with van der Waals surface area (Å²) in [5.74, 6) is -0.325. The van der Waals surface area contributed by atoms with Gasteiger partial charge in [0, 0.05) is 11.3 Å². The number of nitrogens with zero attached hydrogens (tertiary/aromatic N) is 3. The highest BCUT2D eigenvalue weighted by Crippen LogP contribution is 2.14. The third-order valence-corrected chi connectivity index (χ3v) is 3.62. The molecule has 0 aliphatic rings. The molecule has 1 amide bonds. The summed E-state index contributed by atoms with van der Waals surface area (Å²) in [7, 11) is 0. The molecule has 25 heavy (non-hydrogen) atoms. The summed E-state index contributed by atoms with van der Waals surface area (Å²) < 4.78 is 1.05. The first-order valence-electron chi connectivity index (χ1n) is 7.89. The molecule has 0 spiro atoms. The molecule has 3 rings (SSSR count). The molecule has 1 N–H and O–H groups in total. The highest BCUT2D eigenvalue weighted by Gasteiger charge is 2.09. The van der Waals surface area contributed by atoms with Gasteiger partial charge in [-0.1, -0.05) is 36.4 Å². The average molecular weight is 334 g/mol. The Kier molecular flexibility index (Phi) is 4.70. The van der Waals surface area contributed by atoms with E-state index in [1.54, 1.807) is 0 Å². The fourth-order valence-corrected chi connectivity index (χ4v) is 2.60. The number of amides is 1. The average Bonchev–Trinajstić information content (AvgIpc) is 2.56. The van der Waals surface area contributed by atoms with Crippen molar-refractivity contribution >= 4 is 11.6 Å². The molecular formula is C19H18N4O2. The minimum atomic E-state index is -0.558. The fourth-order valence-electron chi connectivity index (χ4n) is 2.60. The van der Waals surface area contributed by atoms with Gasteiger partial charge in [-0.05, 0) is 37.1 Å². The van der Waals surface area contributed by atoms with Crippen LogP contribution in [0.3, 0.4) is 0 Å². The lowest BCUT2D eigenvalue weighted by Crippen LogP contribution is -2.31. The summed E-state index contributed by atoms with van der Waals surface area (Å²) in [4.78, 5) is 28.3. The van der Waals surface area contributed by atoms with Gasteiger partial charge in [-0.15, -0.1) is 0 Å². The zero-order valence-corrected chi connectivity index (χ0v) is 14.1. The van der Waals surface area contributed by atoms with Crippen LogP contribution in [0.1, 0.15) is 11.1 Å². The van der Waals surface area contributed by atoms with Crippen LogP contribution in [0.2, 0.25) is 0 Å². The quantitative estimate of drug-likeness (QED) is 0.795. The molecule has 0 atom stereocenters. The second-order valence-corrected chi connectivity index (χ2v) is 5.87. The molecule has 0 unspecified atom stereocenters. The topological polar surface area (TPSA) is 76.9 Å². The predicted octanol–water partition coefficient (Wildman–Crippen LogP) is 2.56. The number of anilines is 1. The van der Waals surface area contributed by atoms with Crippen LogP contribution in [-0.2, 0) is 11.3 Å². The van der Waals surface area contributed by atoms with Crippen LogP contribution in [0.15, 0.2) is 59.5 Å². The van der Waals surface area contributed by atoms with E-state index in [-0.39, 0.29) is 12.5 Å². The second kappa shape index (κ2) is 7.09.